The van der Waals surface area contributed by atoms with Gasteiger partial charge < -0.3 is 16.0 Å². The van der Waals surface area contributed by atoms with Gasteiger partial charge in [0.25, 0.3) is 0 Å². The third kappa shape index (κ3) is 5.76. The van der Waals surface area contributed by atoms with Crippen LogP contribution in [0.2, 0.25) is 0 Å². The first-order valence-corrected chi connectivity index (χ1v) is 6.63. The number of carbonyl (C=O) groups excluding carboxylic acids is 1. The molecule has 1 aromatic rings. The fourth-order valence-corrected chi connectivity index (χ4v) is 1.76. The first-order chi connectivity index (χ1) is 9.79. The number of amidine groups is 1. The second kappa shape index (κ2) is 7.56. The van der Waals surface area contributed by atoms with Gasteiger partial charge in [0.1, 0.15) is 11.6 Å². The SMILES string of the molecule is CC(C)CN(CCC(=N)N)C(=O)Nc1ccc(F)cc1F. The molecule has 116 valence electrons. The highest BCUT2D eigenvalue weighted by Gasteiger charge is 2.16. The molecule has 0 saturated heterocycles. The number of benzene rings is 1. The molecule has 1 aromatic carbocycles. The van der Waals surface area contributed by atoms with Crippen molar-refractivity contribution in [1.29, 1.82) is 5.41 Å². The summed E-state index contributed by atoms with van der Waals surface area (Å²) in [5, 5.41) is 9.61. The number of urea groups is 1. The molecule has 0 aromatic heterocycles. The summed E-state index contributed by atoms with van der Waals surface area (Å²) in [5.41, 5.74) is 5.20. The second-order valence-corrected chi connectivity index (χ2v) is 5.17. The Balaban J connectivity index is 2.77. The number of rotatable bonds is 6. The maximum absolute atomic E-state index is 13.5. The van der Waals surface area contributed by atoms with Crippen LogP contribution >= 0.6 is 0 Å². The Hall–Kier alpha value is -2.18. The number of amides is 2. The summed E-state index contributed by atoms with van der Waals surface area (Å²) in [5.74, 6) is -1.36. The minimum Gasteiger partial charge on any atom is -0.388 e. The highest BCUT2D eigenvalue weighted by molar-refractivity contribution is 5.89. The van der Waals surface area contributed by atoms with Crippen LogP contribution in [0.3, 0.4) is 0 Å². The minimum absolute atomic E-state index is 0.0236. The molecule has 2 amide bonds. The molecular formula is C14H20F2N4O. The van der Waals surface area contributed by atoms with Gasteiger partial charge in [0.05, 0.1) is 11.5 Å². The number of nitrogens with zero attached hydrogens (tertiary/aromatic N) is 1. The van der Waals surface area contributed by atoms with Crippen LogP contribution in [0.4, 0.5) is 19.3 Å². The van der Waals surface area contributed by atoms with Gasteiger partial charge >= 0.3 is 6.03 Å². The normalized spacial score (nSPS) is 10.5. The first kappa shape index (κ1) is 16.9. The molecule has 0 unspecified atom stereocenters. The topological polar surface area (TPSA) is 82.2 Å². The molecule has 0 aliphatic rings. The van der Waals surface area contributed by atoms with E-state index in [0.717, 1.165) is 6.07 Å². The zero-order valence-electron chi connectivity index (χ0n) is 12.1. The molecule has 0 aliphatic carbocycles. The molecule has 0 spiro atoms. The third-order valence-corrected chi connectivity index (χ3v) is 2.70. The first-order valence-electron chi connectivity index (χ1n) is 6.63. The zero-order chi connectivity index (χ0) is 16.0. The van der Waals surface area contributed by atoms with Crippen LogP contribution in [0.1, 0.15) is 20.3 Å². The summed E-state index contributed by atoms with van der Waals surface area (Å²) < 4.78 is 26.3. The number of hydrogen-bond acceptors (Lipinski definition) is 2. The van der Waals surface area contributed by atoms with Crippen molar-refractivity contribution in [2.45, 2.75) is 20.3 Å². The van der Waals surface area contributed by atoms with E-state index in [1.807, 2.05) is 13.8 Å². The Labute approximate surface area is 122 Å². The molecule has 4 N–H and O–H groups in total. The van der Waals surface area contributed by atoms with Crippen molar-refractivity contribution in [3.05, 3.63) is 29.8 Å². The molecule has 21 heavy (non-hydrogen) atoms. The van der Waals surface area contributed by atoms with E-state index in [-0.39, 0.29) is 30.4 Å². The Morgan fingerprint density at radius 2 is 2.10 bits per heavy atom. The summed E-state index contributed by atoms with van der Waals surface area (Å²) >= 11 is 0. The molecule has 0 saturated carbocycles. The second-order valence-electron chi connectivity index (χ2n) is 5.17. The van der Waals surface area contributed by atoms with Crippen LogP contribution in [0.5, 0.6) is 0 Å². The van der Waals surface area contributed by atoms with E-state index in [2.05, 4.69) is 5.32 Å². The zero-order valence-corrected chi connectivity index (χ0v) is 12.1. The van der Waals surface area contributed by atoms with Crippen molar-refractivity contribution in [1.82, 2.24) is 4.90 Å². The number of carbonyl (C=O) groups is 1. The molecule has 5 nitrogen and oxygen atoms in total. The number of hydrogen-bond donors (Lipinski definition) is 3. The van der Waals surface area contributed by atoms with Crippen LogP contribution < -0.4 is 11.1 Å². The van der Waals surface area contributed by atoms with Gasteiger partial charge in [0.15, 0.2) is 0 Å². The predicted molar refractivity (Wildman–Crippen MR) is 78.3 cm³/mol. The van der Waals surface area contributed by atoms with Gasteiger partial charge in [-0.05, 0) is 18.1 Å². The predicted octanol–water partition coefficient (Wildman–Crippen LogP) is 2.78. The monoisotopic (exact) mass is 298 g/mol. The highest BCUT2D eigenvalue weighted by atomic mass is 19.1. The Kier molecular flexibility index (Phi) is 6.08. The molecular weight excluding hydrogens is 278 g/mol. The fourth-order valence-electron chi connectivity index (χ4n) is 1.76. The summed E-state index contributed by atoms with van der Waals surface area (Å²) in [6, 6.07) is 2.44. The number of anilines is 1. The molecule has 1 rings (SSSR count). The smallest absolute Gasteiger partial charge is 0.321 e. The number of halogens is 2. The molecule has 7 heteroatoms. The van der Waals surface area contributed by atoms with Crippen molar-refractivity contribution in [3.8, 4) is 0 Å². The average Bonchev–Trinajstić information content (AvgIpc) is 2.37. The van der Waals surface area contributed by atoms with Crippen molar-refractivity contribution in [3.63, 3.8) is 0 Å². The van der Waals surface area contributed by atoms with E-state index in [0.29, 0.717) is 12.6 Å². The van der Waals surface area contributed by atoms with Crippen LogP contribution in [0.15, 0.2) is 18.2 Å². The summed E-state index contributed by atoms with van der Waals surface area (Å²) in [7, 11) is 0. The molecule has 0 fully saturated rings. The summed E-state index contributed by atoms with van der Waals surface area (Å²) in [4.78, 5) is 13.6. The third-order valence-electron chi connectivity index (χ3n) is 2.70. The molecule has 0 bridgehead atoms. The van der Waals surface area contributed by atoms with Crippen LogP contribution in [-0.2, 0) is 0 Å². The lowest BCUT2D eigenvalue weighted by Gasteiger charge is -2.24. The van der Waals surface area contributed by atoms with Crippen molar-refractivity contribution in [2.75, 3.05) is 18.4 Å². The van der Waals surface area contributed by atoms with Gasteiger partial charge in [0, 0.05) is 25.6 Å². The van der Waals surface area contributed by atoms with Gasteiger partial charge in [-0.3, -0.25) is 5.41 Å². The lowest BCUT2D eigenvalue weighted by atomic mass is 10.2. The van der Waals surface area contributed by atoms with Gasteiger partial charge in [-0.15, -0.1) is 0 Å². The van der Waals surface area contributed by atoms with Crippen LogP contribution in [0, 0.1) is 23.0 Å². The van der Waals surface area contributed by atoms with Gasteiger partial charge in [-0.2, -0.15) is 0 Å². The van der Waals surface area contributed by atoms with Gasteiger partial charge in [-0.25, -0.2) is 13.6 Å². The molecule has 0 radical (unpaired) electrons. The Morgan fingerprint density at radius 1 is 1.43 bits per heavy atom. The van der Waals surface area contributed by atoms with Crippen LogP contribution in [0.25, 0.3) is 0 Å². The fraction of sp³-hybridized carbons (Fsp3) is 0.429. The summed E-state index contributed by atoms with van der Waals surface area (Å²) in [6.45, 7) is 4.59. The maximum Gasteiger partial charge on any atom is 0.321 e. The van der Waals surface area contributed by atoms with Crippen LogP contribution in [-0.4, -0.2) is 29.9 Å². The van der Waals surface area contributed by atoms with Gasteiger partial charge in [0.2, 0.25) is 0 Å². The Morgan fingerprint density at radius 3 is 2.62 bits per heavy atom. The summed E-state index contributed by atoms with van der Waals surface area (Å²) in [6.07, 6.45) is 0.242. The molecule has 0 heterocycles. The highest BCUT2D eigenvalue weighted by Crippen LogP contribution is 2.16. The molecule has 0 atom stereocenters. The lowest BCUT2D eigenvalue weighted by molar-refractivity contribution is 0.206. The average molecular weight is 298 g/mol. The van der Waals surface area contributed by atoms with E-state index < -0.39 is 17.7 Å². The van der Waals surface area contributed by atoms with E-state index in [1.54, 1.807) is 0 Å². The lowest BCUT2D eigenvalue weighted by Crippen LogP contribution is -2.39. The van der Waals surface area contributed by atoms with Gasteiger partial charge in [-0.1, -0.05) is 13.8 Å². The maximum atomic E-state index is 13.5. The van der Waals surface area contributed by atoms with E-state index in [9.17, 15) is 13.6 Å². The van der Waals surface area contributed by atoms with Crippen molar-refractivity contribution < 1.29 is 13.6 Å². The van der Waals surface area contributed by atoms with Crippen molar-refractivity contribution in [2.24, 2.45) is 11.7 Å². The van der Waals surface area contributed by atoms with E-state index in [1.165, 1.54) is 11.0 Å². The minimum atomic E-state index is -0.834. The number of nitrogens with two attached hydrogens (primary N) is 1. The largest absolute Gasteiger partial charge is 0.388 e. The van der Waals surface area contributed by atoms with Crippen molar-refractivity contribution >= 4 is 17.6 Å². The molecule has 0 aliphatic heterocycles. The quantitative estimate of drug-likeness (QED) is 0.557. The Bertz CT molecular complexity index is 520. The van der Waals surface area contributed by atoms with E-state index >= 15 is 0 Å². The van der Waals surface area contributed by atoms with E-state index in [4.69, 9.17) is 11.1 Å². The standard InChI is InChI=1S/C14H20F2N4O/c1-9(2)8-20(6-5-13(17)18)14(21)19-12-4-3-10(15)7-11(12)16/h3-4,7,9H,5-6,8H2,1-2H3,(H3,17,18)(H,19,21). The number of nitrogens with one attached hydrogen (secondary N) is 2.